The number of amides is 1. The van der Waals surface area contributed by atoms with E-state index in [0.717, 1.165) is 47.0 Å². The average molecular weight is 507 g/mol. The van der Waals surface area contributed by atoms with Crippen LogP contribution >= 0.6 is 31.9 Å². The normalized spacial score (nSPS) is 13.5. The fraction of sp³-hybridized carbons (Fsp3) is 0.650. The predicted octanol–water partition coefficient (Wildman–Crippen LogP) is 3.83. The van der Waals surface area contributed by atoms with Crippen molar-refractivity contribution >= 4 is 37.8 Å². The van der Waals surface area contributed by atoms with E-state index in [-0.39, 0.29) is 11.9 Å². The van der Waals surface area contributed by atoms with Crippen LogP contribution in [0.1, 0.15) is 32.3 Å². The number of hydrogen-bond donors (Lipinski definition) is 2. The molecule has 0 aliphatic heterocycles. The van der Waals surface area contributed by atoms with Gasteiger partial charge in [0.1, 0.15) is 5.75 Å². The second kappa shape index (κ2) is 12.8. The van der Waals surface area contributed by atoms with Crippen LogP contribution < -0.4 is 15.4 Å². The molecular weight excluding hydrogens is 474 g/mol. The number of carbonyl (C=O) groups is 1. The van der Waals surface area contributed by atoms with E-state index < -0.39 is 0 Å². The van der Waals surface area contributed by atoms with Crippen molar-refractivity contribution in [3.8, 4) is 5.75 Å². The summed E-state index contributed by atoms with van der Waals surface area (Å²) >= 11 is 7.12. The first-order chi connectivity index (χ1) is 12.8. The van der Waals surface area contributed by atoms with Crippen LogP contribution in [0.2, 0.25) is 0 Å². The minimum Gasteiger partial charge on any atom is -0.496 e. The Morgan fingerprint density at radius 2 is 1.96 bits per heavy atom. The van der Waals surface area contributed by atoms with Gasteiger partial charge >= 0.3 is 0 Å². The maximum atomic E-state index is 12.2. The summed E-state index contributed by atoms with van der Waals surface area (Å²) in [6, 6.07) is 3.98. The molecule has 0 fully saturated rings. The van der Waals surface area contributed by atoms with Crippen LogP contribution in [0.3, 0.4) is 0 Å². The molecule has 0 heterocycles. The minimum atomic E-state index is -0.113. The van der Waals surface area contributed by atoms with Crippen LogP contribution in [-0.2, 0) is 11.2 Å². The van der Waals surface area contributed by atoms with E-state index in [1.54, 1.807) is 7.11 Å². The number of nitrogens with one attached hydrogen (secondary N) is 2. The third-order valence-corrected chi connectivity index (χ3v) is 6.26. The van der Waals surface area contributed by atoms with Crippen molar-refractivity contribution < 1.29 is 9.53 Å². The number of rotatable bonds is 12. The van der Waals surface area contributed by atoms with Crippen molar-refractivity contribution in [2.75, 3.05) is 40.8 Å². The number of hydrogen-bond acceptors (Lipinski definition) is 4. The monoisotopic (exact) mass is 505 g/mol. The zero-order valence-electron chi connectivity index (χ0n) is 17.1. The summed E-state index contributed by atoms with van der Waals surface area (Å²) in [5.74, 6) is 1.28. The molecule has 0 aromatic heterocycles. The highest BCUT2D eigenvalue weighted by atomic mass is 79.9. The molecule has 0 saturated carbocycles. The molecule has 2 unspecified atom stereocenters. The van der Waals surface area contributed by atoms with Gasteiger partial charge in [-0.05, 0) is 73.0 Å². The quantitative estimate of drug-likeness (QED) is 0.423. The Hall–Kier alpha value is -0.630. The molecule has 5 nitrogen and oxygen atoms in total. The van der Waals surface area contributed by atoms with Gasteiger partial charge < -0.3 is 20.3 Å². The maximum absolute atomic E-state index is 12.2. The smallest absolute Gasteiger partial charge is 0.237 e. The van der Waals surface area contributed by atoms with Gasteiger partial charge in [-0.25, -0.2) is 0 Å². The topological polar surface area (TPSA) is 53.6 Å². The average Bonchev–Trinajstić information content (AvgIpc) is 2.64. The molecule has 0 saturated heterocycles. The lowest BCUT2D eigenvalue weighted by molar-refractivity contribution is -0.124. The summed E-state index contributed by atoms with van der Waals surface area (Å²) in [5, 5.41) is 6.17. The lowest BCUT2D eigenvalue weighted by atomic mass is 9.98. The molecule has 1 aromatic rings. The van der Waals surface area contributed by atoms with Crippen molar-refractivity contribution in [2.24, 2.45) is 5.92 Å². The van der Waals surface area contributed by atoms with Crippen molar-refractivity contribution in [1.29, 1.82) is 0 Å². The Labute approximate surface area is 180 Å². The van der Waals surface area contributed by atoms with Gasteiger partial charge in [-0.1, -0.05) is 36.2 Å². The highest BCUT2D eigenvalue weighted by molar-refractivity contribution is 9.11. The summed E-state index contributed by atoms with van der Waals surface area (Å²) in [7, 11) is 5.64. The third kappa shape index (κ3) is 8.10. The van der Waals surface area contributed by atoms with Gasteiger partial charge in [0.25, 0.3) is 0 Å². The molecule has 27 heavy (non-hydrogen) atoms. The van der Waals surface area contributed by atoms with Crippen LogP contribution in [0.4, 0.5) is 0 Å². The lowest BCUT2D eigenvalue weighted by Gasteiger charge is -2.22. The van der Waals surface area contributed by atoms with Gasteiger partial charge in [0.2, 0.25) is 5.91 Å². The molecule has 0 radical (unpaired) electrons. The van der Waals surface area contributed by atoms with E-state index in [2.05, 4.69) is 74.4 Å². The molecule has 0 spiro atoms. The third-order valence-electron chi connectivity index (χ3n) is 4.91. The standard InChI is InChI=1S/C20H33Br2N3O2/c1-6-14(2)19(23-3)20(26)24-9-7-10-25(4)11-8-15-12-18(27-5)17(22)13-16(15)21/h12-14,19,23H,6-11H2,1-5H3,(H,24,26). The number of carbonyl (C=O) groups excluding carboxylic acids is 1. The van der Waals surface area contributed by atoms with Gasteiger partial charge in [0.05, 0.1) is 17.6 Å². The molecule has 154 valence electrons. The Bertz CT molecular complexity index is 599. The first-order valence-electron chi connectivity index (χ1n) is 9.49. The Morgan fingerprint density at radius 1 is 1.26 bits per heavy atom. The van der Waals surface area contributed by atoms with E-state index in [4.69, 9.17) is 4.74 Å². The van der Waals surface area contributed by atoms with Crippen molar-refractivity contribution in [2.45, 2.75) is 39.2 Å². The van der Waals surface area contributed by atoms with Crippen LogP contribution in [-0.4, -0.2) is 57.7 Å². The van der Waals surface area contributed by atoms with Gasteiger partial charge in [-0.2, -0.15) is 0 Å². The zero-order chi connectivity index (χ0) is 20.4. The van der Waals surface area contributed by atoms with Crippen LogP contribution in [0, 0.1) is 5.92 Å². The van der Waals surface area contributed by atoms with Crippen molar-refractivity contribution in [1.82, 2.24) is 15.5 Å². The molecule has 0 aliphatic rings. The van der Waals surface area contributed by atoms with Crippen molar-refractivity contribution in [3.05, 3.63) is 26.6 Å². The highest BCUT2D eigenvalue weighted by Crippen LogP contribution is 2.31. The van der Waals surface area contributed by atoms with Crippen LogP contribution in [0.5, 0.6) is 5.75 Å². The Kier molecular flexibility index (Phi) is 11.5. The fourth-order valence-corrected chi connectivity index (χ4v) is 4.28. The number of benzene rings is 1. The van der Waals surface area contributed by atoms with Gasteiger partial charge in [-0.15, -0.1) is 0 Å². The molecular formula is C20H33Br2N3O2. The summed E-state index contributed by atoms with van der Waals surface area (Å²) in [5.41, 5.74) is 1.22. The first-order valence-corrected chi connectivity index (χ1v) is 11.1. The summed E-state index contributed by atoms with van der Waals surface area (Å²) in [4.78, 5) is 14.5. The molecule has 1 aromatic carbocycles. The minimum absolute atomic E-state index is 0.0976. The second-order valence-electron chi connectivity index (χ2n) is 6.93. The largest absolute Gasteiger partial charge is 0.496 e. The number of methoxy groups -OCH3 is 1. The molecule has 1 amide bonds. The molecule has 2 atom stereocenters. The molecule has 1 rings (SSSR count). The number of likely N-dealkylation sites (N-methyl/N-ethyl adjacent to an activating group) is 2. The van der Waals surface area contributed by atoms with E-state index >= 15 is 0 Å². The molecule has 7 heteroatoms. The first kappa shape index (κ1) is 24.4. The van der Waals surface area contributed by atoms with Crippen molar-refractivity contribution in [3.63, 3.8) is 0 Å². The molecule has 2 N–H and O–H groups in total. The SMILES string of the molecule is CCC(C)C(NC)C(=O)NCCCN(C)CCc1cc(OC)c(Br)cc1Br. The predicted molar refractivity (Wildman–Crippen MR) is 120 cm³/mol. The van der Waals surface area contributed by atoms with Crippen LogP contribution in [0.15, 0.2) is 21.1 Å². The summed E-state index contributed by atoms with van der Waals surface area (Å²) in [6.45, 7) is 6.80. The molecule has 0 aliphatic carbocycles. The Morgan fingerprint density at radius 3 is 2.56 bits per heavy atom. The van der Waals surface area contributed by atoms with Gasteiger partial charge in [0, 0.05) is 17.6 Å². The Balaban J connectivity index is 2.36. The number of nitrogens with zero attached hydrogens (tertiary/aromatic N) is 1. The van der Waals surface area contributed by atoms with Gasteiger partial charge in [-0.3, -0.25) is 4.79 Å². The fourth-order valence-electron chi connectivity index (χ4n) is 2.92. The molecule has 0 bridgehead atoms. The van der Waals surface area contributed by atoms with Gasteiger partial charge in [0.15, 0.2) is 0 Å². The number of halogens is 2. The van der Waals surface area contributed by atoms with E-state index in [1.165, 1.54) is 5.56 Å². The van der Waals surface area contributed by atoms with E-state index in [9.17, 15) is 4.79 Å². The lowest BCUT2D eigenvalue weighted by Crippen LogP contribution is -2.47. The highest BCUT2D eigenvalue weighted by Gasteiger charge is 2.21. The van der Waals surface area contributed by atoms with E-state index in [0.29, 0.717) is 12.5 Å². The maximum Gasteiger partial charge on any atom is 0.237 e. The van der Waals surface area contributed by atoms with Crippen LogP contribution in [0.25, 0.3) is 0 Å². The summed E-state index contributed by atoms with van der Waals surface area (Å²) < 4.78 is 7.40. The number of ether oxygens (including phenoxy) is 1. The van der Waals surface area contributed by atoms with E-state index in [1.807, 2.05) is 13.1 Å². The second-order valence-corrected chi connectivity index (χ2v) is 8.64. The zero-order valence-corrected chi connectivity index (χ0v) is 20.2. The summed E-state index contributed by atoms with van der Waals surface area (Å²) in [6.07, 6.45) is 2.85.